The summed E-state index contributed by atoms with van der Waals surface area (Å²) >= 11 is 0. The van der Waals surface area contributed by atoms with Crippen LogP contribution in [0.15, 0.2) is 6.07 Å². The summed E-state index contributed by atoms with van der Waals surface area (Å²) in [4.78, 5) is 0. The van der Waals surface area contributed by atoms with Crippen LogP contribution in [0.5, 0.6) is 0 Å². The molecule has 3 nitrogen and oxygen atoms in total. The molecule has 0 bridgehead atoms. The zero-order chi connectivity index (χ0) is 13.0. The fraction of sp³-hybridized carbons (Fsp3) is 0.800. The van der Waals surface area contributed by atoms with Crippen molar-refractivity contribution in [3.8, 4) is 0 Å². The summed E-state index contributed by atoms with van der Waals surface area (Å²) in [6.07, 6.45) is 7.26. The number of aryl methyl sites for hydroxylation is 2. The van der Waals surface area contributed by atoms with Gasteiger partial charge in [0.2, 0.25) is 0 Å². The van der Waals surface area contributed by atoms with Crippen molar-refractivity contribution in [3.63, 3.8) is 0 Å². The summed E-state index contributed by atoms with van der Waals surface area (Å²) in [7, 11) is 0. The van der Waals surface area contributed by atoms with Gasteiger partial charge in [0.1, 0.15) is 0 Å². The Morgan fingerprint density at radius 1 is 1.39 bits per heavy atom. The Bertz CT molecular complexity index is 367. The Hall–Kier alpha value is -0.830. The van der Waals surface area contributed by atoms with Gasteiger partial charge in [-0.1, -0.05) is 32.6 Å². The summed E-state index contributed by atoms with van der Waals surface area (Å²) in [6, 6.07) is 2.22. The highest BCUT2D eigenvalue weighted by Gasteiger charge is 2.25. The first-order chi connectivity index (χ1) is 8.78. The minimum atomic E-state index is 0.320. The lowest BCUT2D eigenvalue weighted by molar-refractivity contribution is 0.173. The molecular weight excluding hydrogens is 224 g/mol. The maximum Gasteiger partial charge on any atom is 0.0624 e. The molecule has 1 aliphatic carbocycles. The summed E-state index contributed by atoms with van der Waals surface area (Å²) < 4.78 is 2.11. The summed E-state index contributed by atoms with van der Waals surface area (Å²) in [5.41, 5.74) is 2.48. The van der Waals surface area contributed by atoms with Crippen molar-refractivity contribution < 1.29 is 5.11 Å². The average Bonchev–Trinajstić information content (AvgIpc) is 3.04. The van der Waals surface area contributed by atoms with Crippen molar-refractivity contribution in [2.24, 2.45) is 11.8 Å². The van der Waals surface area contributed by atoms with Gasteiger partial charge in [-0.25, -0.2) is 0 Å². The second kappa shape index (κ2) is 6.37. The monoisotopic (exact) mass is 250 g/mol. The molecule has 0 aliphatic heterocycles. The highest BCUT2D eigenvalue weighted by molar-refractivity contribution is 5.11. The van der Waals surface area contributed by atoms with E-state index in [1.807, 2.05) is 0 Å². The first-order valence-corrected chi connectivity index (χ1v) is 7.44. The predicted molar refractivity (Wildman–Crippen MR) is 73.5 cm³/mol. The van der Waals surface area contributed by atoms with Gasteiger partial charge in [-0.15, -0.1) is 0 Å². The number of nitrogens with zero attached hydrogens (tertiary/aromatic N) is 2. The minimum Gasteiger partial charge on any atom is -0.396 e. The molecule has 1 unspecified atom stereocenters. The summed E-state index contributed by atoms with van der Waals surface area (Å²) in [5.74, 6) is 1.15. The third kappa shape index (κ3) is 2.94. The van der Waals surface area contributed by atoms with E-state index in [1.54, 1.807) is 0 Å². The highest BCUT2D eigenvalue weighted by atomic mass is 16.3. The van der Waals surface area contributed by atoms with Gasteiger partial charge in [0.05, 0.1) is 5.69 Å². The molecule has 0 saturated heterocycles. The van der Waals surface area contributed by atoms with E-state index in [4.69, 9.17) is 0 Å². The van der Waals surface area contributed by atoms with E-state index in [2.05, 4.69) is 29.7 Å². The molecule has 1 heterocycles. The molecule has 1 aromatic heterocycles. The molecule has 1 fully saturated rings. The Kier molecular flexibility index (Phi) is 4.81. The second-order valence-electron chi connectivity index (χ2n) is 5.49. The maximum atomic E-state index is 9.65. The number of aromatic nitrogens is 2. The molecule has 3 heteroatoms. The van der Waals surface area contributed by atoms with Crippen molar-refractivity contribution in [2.75, 3.05) is 6.61 Å². The van der Waals surface area contributed by atoms with Crippen LogP contribution in [0.4, 0.5) is 0 Å². The van der Waals surface area contributed by atoms with E-state index in [0.29, 0.717) is 12.5 Å². The smallest absolute Gasteiger partial charge is 0.0624 e. The first kappa shape index (κ1) is 13.6. The number of hydrogen-bond acceptors (Lipinski definition) is 2. The van der Waals surface area contributed by atoms with E-state index in [9.17, 15) is 5.11 Å². The van der Waals surface area contributed by atoms with Crippen molar-refractivity contribution in [2.45, 2.75) is 58.9 Å². The Morgan fingerprint density at radius 2 is 2.11 bits per heavy atom. The van der Waals surface area contributed by atoms with Gasteiger partial charge in [-0.2, -0.15) is 5.10 Å². The largest absolute Gasteiger partial charge is 0.396 e. The molecule has 102 valence electrons. The summed E-state index contributed by atoms with van der Waals surface area (Å²) in [6.45, 7) is 5.53. The van der Waals surface area contributed by atoms with Crippen LogP contribution in [0.3, 0.4) is 0 Å². The minimum absolute atomic E-state index is 0.320. The van der Waals surface area contributed by atoms with Gasteiger partial charge < -0.3 is 5.11 Å². The molecule has 0 spiro atoms. The lowest BCUT2D eigenvalue weighted by atomic mass is 9.87. The molecule has 1 atom stereocenters. The van der Waals surface area contributed by atoms with Gasteiger partial charge in [-0.3, -0.25) is 4.68 Å². The van der Waals surface area contributed by atoms with Crippen LogP contribution in [-0.4, -0.2) is 21.5 Å². The van der Waals surface area contributed by atoms with Crippen LogP contribution >= 0.6 is 0 Å². The fourth-order valence-electron chi connectivity index (χ4n) is 3.20. The van der Waals surface area contributed by atoms with Crippen LogP contribution in [0.1, 0.15) is 50.9 Å². The Morgan fingerprint density at radius 3 is 2.67 bits per heavy atom. The maximum absolute atomic E-state index is 9.65. The van der Waals surface area contributed by atoms with Gasteiger partial charge in [0.15, 0.2) is 0 Å². The lowest BCUT2D eigenvalue weighted by Crippen LogP contribution is -2.20. The molecule has 0 aromatic carbocycles. The van der Waals surface area contributed by atoms with Crippen LogP contribution in [0.2, 0.25) is 0 Å². The second-order valence-corrected chi connectivity index (χ2v) is 5.49. The van der Waals surface area contributed by atoms with Gasteiger partial charge in [-0.05, 0) is 37.7 Å². The summed E-state index contributed by atoms with van der Waals surface area (Å²) in [5, 5.41) is 14.2. The van der Waals surface area contributed by atoms with Crippen LogP contribution in [0, 0.1) is 11.8 Å². The molecule has 0 radical (unpaired) electrons. The van der Waals surface area contributed by atoms with Gasteiger partial charge in [0.25, 0.3) is 0 Å². The quantitative estimate of drug-likeness (QED) is 0.843. The van der Waals surface area contributed by atoms with Crippen molar-refractivity contribution in [1.29, 1.82) is 0 Å². The van der Waals surface area contributed by atoms with E-state index in [-0.39, 0.29) is 0 Å². The van der Waals surface area contributed by atoms with Crippen LogP contribution < -0.4 is 0 Å². The number of aliphatic hydroxyl groups is 1. The van der Waals surface area contributed by atoms with E-state index in [0.717, 1.165) is 25.3 Å². The topological polar surface area (TPSA) is 38.0 Å². The Balaban J connectivity index is 2.07. The molecule has 1 aliphatic rings. The lowest BCUT2D eigenvalue weighted by Gasteiger charge is -2.21. The molecular formula is C15H26N2O. The third-order valence-electron chi connectivity index (χ3n) is 4.35. The zero-order valence-corrected chi connectivity index (χ0v) is 11.7. The number of rotatable bonds is 6. The first-order valence-electron chi connectivity index (χ1n) is 7.44. The standard InChI is InChI=1S/C15H26N2O/c1-3-14-10-15(17(4-2)16-14)9-13(11-18)12-7-5-6-8-12/h10,12-13,18H,3-9,11H2,1-2H3. The van der Waals surface area contributed by atoms with Crippen molar-refractivity contribution in [1.82, 2.24) is 9.78 Å². The normalized spacial score (nSPS) is 18.4. The average molecular weight is 250 g/mol. The van der Waals surface area contributed by atoms with Crippen LogP contribution in [0.25, 0.3) is 0 Å². The predicted octanol–water partition coefficient (Wildman–Crippen LogP) is 2.81. The fourth-order valence-corrected chi connectivity index (χ4v) is 3.20. The molecule has 2 rings (SSSR count). The number of aliphatic hydroxyl groups excluding tert-OH is 1. The van der Waals surface area contributed by atoms with Gasteiger partial charge >= 0.3 is 0 Å². The van der Waals surface area contributed by atoms with E-state index in [1.165, 1.54) is 37.1 Å². The van der Waals surface area contributed by atoms with E-state index >= 15 is 0 Å². The zero-order valence-electron chi connectivity index (χ0n) is 11.7. The molecule has 18 heavy (non-hydrogen) atoms. The van der Waals surface area contributed by atoms with Crippen molar-refractivity contribution >= 4 is 0 Å². The number of hydrogen-bond donors (Lipinski definition) is 1. The van der Waals surface area contributed by atoms with Crippen LogP contribution in [-0.2, 0) is 19.4 Å². The Labute approximate surface area is 110 Å². The SMILES string of the molecule is CCc1cc(CC(CO)C2CCCC2)n(CC)n1. The highest BCUT2D eigenvalue weighted by Crippen LogP contribution is 2.33. The molecule has 1 aromatic rings. The third-order valence-corrected chi connectivity index (χ3v) is 4.35. The van der Waals surface area contributed by atoms with Gasteiger partial charge in [0, 0.05) is 18.8 Å². The van der Waals surface area contributed by atoms with E-state index < -0.39 is 0 Å². The molecule has 0 amide bonds. The van der Waals surface area contributed by atoms with Crippen molar-refractivity contribution in [3.05, 3.63) is 17.5 Å². The molecule has 1 saturated carbocycles. The molecule has 1 N–H and O–H groups in total.